The Bertz CT molecular complexity index is 1310. The van der Waals surface area contributed by atoms with Crippen LogP contribution in [0.5, 0.6) is 11.5 Å². The highest BCUT2D eigenvalue weighted by Gasteiger charge is 2.30. The summed E-state index contributed by atoms with van der Waals surface area (Å²) in [5.41, 5.74) is 8.30. The molecule has 0 aliphatic carbocycles. The Balaban J connectivity index is 1.78. The second kappa shape index (κ2) is 5.97. The monoisotopic (exact) mass is 389 g/mol. The number of nitrogens with two attached hydrogens (primary N) is 1. The van der Waals surface area contributed by atoms with Gasteiger partial charge >= 0.3 is 11.9 Å². The summed E-state index contributed by atoms with van der Waals surface area (Å²) in [7, 11) is 0. The zero-order chi connectivity index (χ0) is 19.4. The van der Waals surface area contributed by atoms with Gasteiger partial charge in [-0.05, 0) is 35.4 Å². The van der Waals surface area contributed by atoms with Gasteiger partial charge in [0, 0.05) is 10.4 Å². The zero-order valence-corrected chi connectivity index (χ0v) is 15.1. The maximum Gasteiger partial charge on any atom is 0.344 e. The largest absolute Gasteiger partial charge is 0.422 e. The summed E-state index contributed by atoms with van der Waals surface area (Å²) < 4.78 is 10.9. The lowest BCUT2D eigenvalue weighted by atomic mass is 10.0. The van der Waals surface area contributed by atoms with Crippen LogP contribution in [0.2, 0.25) is 5.02 Å². The van der Waals surface area contributed by atoms with Crippen LogP contribution in [0.1, 0.15) is 11.1 Å². The van der Waals surface area contributed by atoms with Gasteiger partial charge in [-0.3, -0.25) is 0 Å². The Morgan fingerprint density at radius 3 is 1.86 bits per heavy atom. The van der Waals surface area contributed by atoms with E-state index in [1.165, 1.54) is 0 Å². The fourth-order valence-corrected chi connectivity index (χ4v) is 3.66. The summed E-state index contributed by atoms with van der Waals surface area (Å²) in [5, 5.41) is 1.49. The fourth-order valence-electron chi connectivity index (χ4n) is 3.48. The Labute approximate surface area is 164 Å². The number of fused-ring (bicyclic) bond motifs is 2. The minimum Gasteiger partial charge on any atom is -0.422 e. The molecule has 0 unspecified atom stereocenters. The van der Waals surface area contributed by atoms with Crippen LogP contribution >= 0.6 is 11.6 Å². The van der Waals surface area contributed by atoms with Crippen molar-refractivity contribution < 1.29 is 19.1 Å². The van der Waals surface area contributed by atoms with Gasteiger partial charge in [0.15, 0.2) is 0 Å². The van der Waals surface area contributed by atoms with E-state index in [4.69, 9.17) is 26.8 Å². The van der Waals surface area contributed by atoms with Crippen molar-refractivity contribution in [2.75, 3.05) is 5.73 Å². The molecule has 0 saturated carbocycles. The van der Waals surface area contributed by atoms with Gasteiger partial charge in [-0.2, -0.15) is 0 Å². The molecule has 0 saturated heterocycles. The number of carbonyl (C=O) groups excluding carboxylic acids is 2. The zero-order valence-electron chi connectivity index (χ0n) is 14.4. The van der Waals surface area contributed by atoms with Gasteiger partial charge in [0.25, 0.3) is 0 Å². The van der Waals surface area contributed by atoms with Gasteiger partial charge in [-0.1, -0.05) is 48.0 Å². The van der Waals surface area contributed by atoms with Gasteiger partial charge in [-0.25, -0.2) is 9.59 Å². The molecule has 0 bridgehead atoms. The third-order valence-corrected chi connectivity index (χ3v) is 5.11. The summed E-state index contributed by atoms with van der Waals surface area (Å²) >= 11 is 6.10. The predicted octanol–water partition coefficient (Wildman–Crippen LogP) is 2.16. The molecule has 0 aromatic heterocycles. The molecule has 0 atom stereocenters. The van der Waals surface area contributed by atoms with Crippen molar-refractivity contribution >= 4 is 40.4 Å². The number of anilines is 1. The number of hydrogen-bond acceptors (Lipinski definition) is 5. The van der Waals surface area contributed by atoms with Gasteiger partial charge in [-0.15, -0.1) is 0 Å². The average molecular weight is 390 g/mol. The Morgan fingerprint density at radius 1 is 0.714 bits per heavy atom. The molecule has 136 valence electrons. The molecule has 0 radical (unpaired) electrons. The number of esters is 2. The van der Waals surface area contributed by atoms with Crippen molar-refractivity contribution in [3.63, 3.8) is 0 Å². The van der Waals surface area contributed by atoms with E-state index in [-0.39, 0.29) is 0 Å². The van der Waals surface area contributed by atoms with Crippen molar-refractivity contribution in [2.45, 2.75) is 0 Å². The van der Waals surface area contributed by atoms with Crippen LogP contribution in [-0.2, 0) is 9.59 Å². The normalized spacial score (nSPS) is 14.6. The first-order valence-electron chi connectivity index (χ1n) is 8.51. The SMILES string of the molecule is Nc1ccc(C2=c3cc4c(cc3OC2=O)=C(c2ccccc2)C(=O)O4)cc1Cl. The molecule has 6 heteroatoms. The van der Waals surface area contributed by atoms with Crippen molar-refractivity contribution in [1.29, 1.82) is 0 Å². The summed E-state index contributed by atoms with van der Waals surface area (Å²) in [6.07, 6.45) is 0. The molecule has 2 heterocycles. The maximum atomic E-state index is 12.5. The highest BCUT2D eigenvalue weighted by Crippen LogP contribution is 2.29. The number of nitrogen functional groups attached to an aromatic ring is 1. The lowest BCUT2D eigenvalue weighted by Crippen LogP contribution is -2.11. The Hall–Kier alpha value is -3.57. The Kier molecular flexibility index (Phi) is 3.54. The number of carbonyl (C=O) groups is 2. The summed E-state index contributed by atoms with van der Waals surface area (Å²) in [5.74, 6) is -0.168. The van der Waals surface area contributed by atoms with E-state index in [1.807, 2.05) is 30.3 Å². The minimum atomic E-state index is -0.493. The number of halogens is 1. The predicted molar refractivity (Wildman–Crippen MR) is 104 cm³/mol. The molecule has 3 aromatic rings. The average Bonchev–Trinajstić information content (AvgIpc) is 3.17. The second-order valence-corrected chi connectivity index (χ2v) is 6.88. The molecular formula is C22H12ClNO4. The van der Waals surface area contributed by atoms with E-state index in [0.717, 1.165) is 5.56 Å². The van der Waals surface area contributed by atoms with Crippen LogP contribution in [0, 0.1) is 0 Å². The molecule has 5 nitrogen and oxygen atoms in total. The highest BCUT2D eigenvalue weighted by atomic mass is 35.5. The van der Waals surface area contributed by atoms with E-state index in [1.54, 1.807) is 30.3 Å². The molecule has 2 aliphatic rings. The van der Waals surface area contributed by atoms with E-state index in [0.29, 0.717) is 49.4 Å². The molecular weight excluding hydrogens is 378 g/mol. The number of hydrogen-bond donors (Lipinski definition) is 1. The first-order chi connectivity index (χ1) is 13.5. The van der Waals surface area contributed by atoms with Crippen molar-refractivity contribution in [3.8, 4) is 11.5 Å². The van der Waals surface area contributed by atoms with E-state index >= 15 is 0 Å². The first-order valence-corrected chi connectivity index (χ1v) is 8.88. The van der Waals surface area contributed by atoms with Crippen molar-refractivity contribution in [2.24, 2.45) is 0 Å². The maximum absolute atomic E-state index is 12.5. The fraction of sp³-hybridized carbons (Fsp3) is 0. The smallest absolute Gasteiger partial charge is 0.344 e. The quantitative estimate of drug-likeness (QED) is 0.413. The van der Waals surface area contributed by atoms with Gasteiger partial charge in [0.1, 0.15) is 11.5 Å². The van der Waals surface area contributed by atoms with E-state index in [2.05, 4.69) is 0 Å². The molecule has 5 rings (SSSR count). The lowest BCUT2D eigenvalue weighted by molar-refractivity contribution is -0.128. The summed E-state index contributed by atoms with van der Waals surface area (Å²) in [4.78, 5) is 25.0. The summed E-state index contributed by atoms with van der Waals surface area (Å²) in [6.45, 7) is 0. The van der Waals surface area contributed by atoms with E-state index in [9.17, 15) is 9.59 Å². The summed E-state index contributed by atoms with van der Waals surface area (Å²) in [6, 6.07) is 17.5. The molecule has 2 N–H and O–H groups in total. The molecule has 0 spiro atoms. The van der Waals surface area contributed by atoms with E-state index < -0.39 is 11.9 Å². The van der Waals surface area contributed by atoms with Crippen LogP contribution < -0.4 is 25.6 Å². The molecule has 28 heavy (non-hydrogen) atoms. The van der Waals surface area contributed by atoms with Gasteiger partial charge in [0.05, 0.1) is 21.9 Å². The molecule has 2 aliphatic heterocycles. The third-order valence-electron chi connectivity index (χ3n) is 4.79. The number of ether oxygens (including phenoxy) is 2. The third kappa shape index (κ3) is 2.41. The van der Waals surface area contributed by atoms with Gasteiger partial charge in [0.2, 0.25) is 0 Å². The number of benzene rings is 3. The highest BCUT2D eigenvalue weighted by molar-refractivity contribution is 6.33. The van der Waals surface area contributed by atoms with Crippen molar-refractivity contribution in [3.05, 3.63) is 87.3 Å². The molecule has 3 aromatic carbocycles. The topological polar surface area (TPSA) is 78.6 Å². The van der Waals surface area contributed by atoms with Crippen molar-refractivity contribution in [1.82, 2.24) is 0 Å². The van der Waals surface area contributed by atoms with Crippen LogP contribution in [-0.4, -0.2) is 11.9 Å². The standard InChI is InChI=1S/C22H12ClNO4/c23-15-8-12(6-7-16(15)24)20-14-10-17-13(9-18(14)28-22(20)26)19(21(25)27-17)11-4-2-1-3-5-11/h1-10H,24H2. The number of rotatable bonds is 2. The molecule has 0 amide bonds. The Morgan fingerprint density at radius 2 is 1.29 bits per heavy atom. The van der Waals surface area contributed by atoms with Crippen LogP contribution in [0.4, 0.5) is 5.69 Å². The molecule has 0 fully saturated rings. The lowest BCUT2D eigenvalue weighted by Gasteiger charge is -2.03. The van der Waals surface area contributed by atoms with Crippen LogP contribution in [0.15, 0.2) is 60.7 Å². The van der Waals surface area contributed by atoms with Crippen LogP contribution in [0.25, 0.3) is 11.1 Å². The van der Waals surface area contributed by atoms with Crippen LogP contribution in [0.3, 0.4) is 0 Å². The van der Waals surface area contributed by atoms with Gasteiger partial charge < -0.3 is 15.2 Å². The minimum absolute atomic E-state index is 0.346. The second-order valence-electron chi connectivity index (χ2n) is 6.48. The first kappa shape index (κ1) is 16.6.